The molecule has 0 aliphatic carbocycles. The highest BCUT2D eigenvalue weighted by molar-refractivity contribution is 6.00. The van der Waals surface area contributed by atoms with Crippen molar-refractivity contribution in [3.8, 4) is 0 Å². The molecule has 3 aromatic carbocycles. The molecule has 3 atom stereocenters. The fourth-order valence-electron chi connectivity index (χ4n) is 4.72. The average Bonchev–Trinajstić information content (AvgIpc) is 3.27. The van der Waals surface area contributed by atoms with E-state index in [4.69, 9.17) is 10.5 Å². The van der Waals surface area contributed by atoms with Crippen molar-refractivity contribution < 1.29 is 19.1 Å². The molecule has 0 aromatic heterocycles. The summed E-state index contributed by atoms with van der Waals surface area (Å²) in [5.74, 6) is -0.654. The van der Waals surface area contributed by atoms with E-state index in [1.54, 1.807) is 20.8 Å². The molecule has 1 aliphatic heterocycles. The van der Waals surface area contributed by atoms with Gasteiger partial charge in [-0.3, -0.25) is 9.59 Å². The maximum absolute atomic E-state index is 13.8. The molecule has 8 nitrogen and oxygen atoms in total. The van der Waals surface area contributed by atoms with Crippen LogP contribution < -0.4 is 16.4 Å². The van der Waals surface area contributed by atoms with Crippen LogP contribution in [0.5, 0.6) is 0 Å². The minimum absolute atomic E-state index is 0.229. The predicted molar refractivity (Wildman–Crippen MR) is 149 cm³/mol. The number of benzene rings is 3. The molecular weight excluding hydrogens is 480 g/mol. The van der Waals surface area contributed by atoms with Crippen molar-refractivity contribution in [2.45, 2.75) is 63.8 Å². The summed E-state index contributed by atoms with van der Waals surface area (Å²) in [7, 11) is 0. The zero-order valence-corrected chi connectivity index (χ0v) is 22.1. The maximum atomic E-state index is 13.8. The van der Waals surface area contributed by atoms with Crippen molar-refractivity contribution in [3.63, 3.8) is 0 Å². The van der Waals surface area contributed by atoms with Gasteiger partial charge in [0, 0.05) is 18.3 Å². The van der Waals surface area contributed by atoms with Crippen LogP contribution >= 0.6 is 0 Å². The van der Waals surface area contributed by atoms with Gasteiger partial charge in [-0.2, -0.15) is 0 Å². The smallest absolute Gasteiger partial charge is 0.408 e. The summed E-state index contributed by atoms with van der Waals surface area (Å²) in [4.78, 5) is 41.2. The van der Waals surface area contributed by atoms with Crippen LogP contribution in [0.4, 0.5) is 10.5 Å². The molecule has 38 heavy (non-hydrogen) atoms. The number of carbonyl (C=O) groups excluding carboxylic acids is 3. The normalized spacial score (nSPS) is 18.2. The van der Waals surface area contributed by atoms with Gasteiger partial charge >= 0.3 is 6.09 Å². The third kappa shape index (κ3) is 7.10. The minimum atomic E-state index is -0.869. The number of hydrogen-bond acceptors (Lipinski definition) is 5. The Morgan fingerprint density at radius 1 is 1.00 bits per heavy atom. The zero-order chi connectivity index (χ0) is 27.3. The molecule has 0 radical (unpaired) electrons. The SMILES string of the molecule is CC(C)(C)OC(=O)N[C@@H](CCc1ccccc1)C(=O)N1C[C@@H](N)C[C@H]1C(=O)Nc1ccc2ccccc2c1. The largest absolute Gasteiger partial charge is 0.444 e. The lowest BCUT2D eigenvalue weighted by Gasteiger charge is -2.29. The first-order chi connectivity index (χ1) is 18.1. The van der Waals surface area contributed by atoms with E-state index in [0.717, 1.165) is 16.3 Å². The van der Waals surface area contributed by atoms with Gasteiger partial charge in [-0.05, 0) is 68.5 Å². The Hall–Kier alpha value is -3.91. The second-order valence-corrected chi connectivity index (χ2v) is 10.8. The van der Waals surface area contributed by atoms with Crippen LogP contribution in [0.2, 0.25) is 0 Å². The fraction of sp³-hybridized carbons (Fsp3) is 0.367. The van der Waals surface area contributed by atoms with E-state index in [9.17, 15) is 14.4 Å². The number of rotatable bonds is 7. The first-order valence-electron chi connectivity index (χ1n) is 13.0. The maximum Gasteiger partial charge on any atom is 0.408 e. The number of anilines is 1. The molecule has 0 unspecified atom stereocenters. The van der Waals surface area contributed by atoms with E-state index in [2.05, 4.69) is 10.6 Å². The van der Waals surface area contributed by atoms with E-state index in [1.165, 1.54) is 4.90 Å². The van der Waals surface area contributed by atoms with Crippen molar-refractivity contribution in [2.24, 2.45) is 5.73 Å². The number of alkyl carbamates (subject to hydrolysis) is 1. The topological polar surface area (TPSA) is 114 Å². The number of hydrogen-bond donors (Lipinski definition) is 3. The molecule has 3 aromatic rings. The summed E-state index contributed by atoms with van der Waals surface area (Å²) in [6, 6.07) is 21.3. The van der Waals surface area contributed by atoms with E-state index >= 15 is 0 Å². The summed E-state index contributed by atoms with van der Waals surface area (Å²) in [6.45, 7) is 5.52. The Morgan fingerprint density at radius 2 is 1.68 bits per heavy atom. The van der Waals surface area contributed by atoms with Crippen LogP contribution in [-0.2, 0) is 20.7 Å². The van der Waals surface area contributed by atoms with Gasteiger partial charge in [0.1, 0.15) is 17.7 Å². The highest BCUT2D eigenvalue weighted by Crippen LogP contribution is 2.23. The van der Waals surface area contributed by atoms with Gasteiger partial charge in [0.15, 0.2) is 0 Å². The lowest BCUT2D eigenvalue weighted by atomic mass is 10.0. The predicted octanol–water partition coefficient (Wildman–Crippen LogP) is 4.23. The van der Waals surface area contributed by atoms with Crippen molar-refractivity contribution in [3.05, 3.63) is 78.4 Å². The number of ether oxygens (including phenoxy) is 1. The van der Waals surface area contributed by atoms with Crippen LogP contribution in [0.3, 0.4) is 0 Å². The fourth-order valence-corrected chi connectivity index (χ4v) is 4.72. The Morgan fingerprint density at radius 3 is 2.39 bits per heavy atom. The molecule has 1 aliphatic rings. The Kier molecular flexibility index (Phi) is 8.32. The third-order valence-electron chi connectivity index (χ3n) is 6.49. The molecule has 1 saturated heterocycles. The van der Waals surface area contributed by atoms with Crippen LogP contribution in [0.15, 0.2) is 72.8 Å². The molecule has 0 spiro atoms. The number of aryl methyl sites for hydroxylation is 1. The second kappa shape index (κ2) is 11.6. The van der Waals surface area contributed by atoms with E-state index in [-0.39, 0.29) is 24.4 Å². The van der Waals surface area contributed by atoms with Crippen LogP contribution in [0, 0.1) is 0 Å². The van der Waals surface area contributed by atoms with Crippen LogP contribution in [0.25, 0.3) is 10.8 Å². The summed E-state index contributed by atoms with van der Waals surface area (Å²) >= 11 is 0. The first kappa shape index (κ1) is 27.1. The molecule has 3 amide bonds. The van der Waals surface area contributed by atoms with Gasteiger partial charge in [0.25, 0.3) is 0 Å². The zero-order valence-electron chi connectivity index (χ0n) is 22.1. The molecule has 4 N–H and O–H groups in total. The lowest BCUT2D eigenvalue weighted by Crippen LogP contribution is -2.53. The minimum Gasteiger partial charge on any atom is -0.444 e. The van der Waals surface area contributed by atoms with Gasteiger partial charge < -0.3 is 26.0 Å². The lowest BCUT2D eigenvalue weighted by molar-refractivity contribution is -0.138. The summed E-state index contributed by atoms with van der Waals surface area (Å²) < 4.78 is 5.42. The third-order valence-corrected chi connectivity index (χ3v) is 6.49. The van der Waals surface area contributed by atoms with Gasteiger partial charge in [-0.1, -0.05) is 60.7 Å². The van der Waals surface area contributed by atoms with Gasteiger partial charge in [0.05, 0.1) is 0 Å². The van der Waals surface area contributed by atoms with Crippen LogP contribution in [-0.4, -0.2) is 53.1 Å². The molecular formula is C30H36N4O4. The molecule has 0 saturated carbocycles. The summed E-state index contributed by atoms with van der Waals surface area (Å²) in [5, 5.41) is 7.76. The van der Waals surface area contributed by atoms with Crippen molar-refractivity contribution in [2.75, 3.05) is 11.9 Å². The highest BCUT2D eigenvalue weighted by atomic mass is 16.6. The van der Waals surface area contributed by atoms with Crippen LogP contribution in [0.1, 0.15) is 39.2 Å². The molecule has 4 rings (SSSR count). The number of carbonyl (C=O) groups is 3. The van der Waals surface area contributed by atoms with Gasteiger partial charge in [-0.15, -0.1) is 0 Å². The number of nitrogens with one attached hydrogen (secondary N) is 2. The van der Waals surface area contributed by atoms with Crippen molar-refractivity contribution in [1.82, 2.24) is 10.2 Å². The first-order valence-corrected chi connectivity index (χ1v) is 13.0. The molecule has 0 bridgehead atoms. The molecule has 1 fully saturated rings. The van der Waals surface area contributed by atoms with Gasteiger partial charge in [0.2, 0.25) is 11.8 Å². The average molecular weight is 517 g/mol. The second-order valence-electron chi connectivity index (χ2n) is 10.8. The number of nitrogens with zero attached hydrogens (tertiary/aromatic N) is 1. The van der Waals surface area contributed by atoms with Crippen molar-refractivity contribution >= 4 is 34.4 Å². The highest BCUT2D eigenvalue weighted by Gasteiger charge is 2.41. The summed E-state index contributed by atoms with van der Waals surface area (Å²) in [5.41, 5.74) is 7.20. The Balaban J connectivity index is 1.50. The number of likely N-dealkylation sites (tertiary alicyclic amines) is 1. The monoisotopic (exact) mass is 516 g/mol. The van der Waals surface area contributed by atoms with E-state index in [1.807, 2.05) is 72.8 Å². The standard InChI is InChI=1S/C30H36N4O4/c1-30(2,3)38-29(37)33-25(16-13-20-9-5-4-6-10-20)28(36)34-19-23(31)18-26(34)27(35)32-24-15-14-21-11-7-8-12-22(21)17-24/h4-12,14-15,17,23,25-26H,13,16,18-19,31H2,1-3H3,(H,32,35)(H,33,37)/t23-,25-,26-/m0/s1. The molecule has 1 heterocycles. The van der Waals surface area contributed by atoms with E-state index < -0.39 is 23.8 Å². The van der Waals surface area contributed by atoms with E-state index in [0.29, 0.717) is 24.9 Å². The summed E-state index contributed by atoms with van der Waals surface area (Å²) in [6.07, 6.45) is 0.584. The van der Waals surface area contributed by atoms with Gasteiger partial charge in [-0.25, -0.2) is 4.79 Å². The number of amides is 3. The molecule has 200 valence electrons. The Bertz CT molecular complexity index is 1290. The number of fused-ring (bicyclic) bond motifs is 1. The quantitative estimate of drug-likeness (QED) is 0.435. The molecule has 8 heteroatoms. The number of nitrogens with two attached hydrogens (primary N) is 1. The Labute approximate surface area is 223 Å². The van der Waals surface area contributed by atoms with Crippen molar-refractivity contribution in [1.29, 1.82) is 0 Å².